The second-order valence-electron chi connectivity index (χ2n) is 12.5. The van der Waals surface area contributed by atoms with Crippen molar-refractivity contribution in [2.75, 3.05) is 27.8 Å². The van der Waals surface area contributed by atoms with E-state index in [1.165, 1.54) is 11.1 Å². The molecular formula is C27H39NO4. The van der Waals surface area contributed by atoms with Crippen LogP contribution in [0, 0.1) is 16.7 Å². The fourth-order valence-corrected chi connectivity index (χ4v) is 9.01. The van der Waals surface area contributed by atoms with Gasteiger partial charge in [-0.05, 0) is 69.7 Å². The second-order valence-corrected chi connectivity index (χ2v) is 12.5. The van der Waals surface area contributed by atoms with Crippen LogP contribution in [0.1, 0.15) is 64.5 Å². The molecule has 0 amide bonds. The number of fused-ring (bicyclic) bond motifs is 2. The average Bonchev–Trinajstić information content (AvgIpc) is 3.12. The van der Waals surface area contributed by atoms with Crippen molar-refractivity contribution in [3.63, 3.8) is 0 Å². The fraction of sp³-hybridized carbons (Fsp3) is 0.778. The Morgan fingerprint density at radius 2 is 1.88 bits per heavy atom. The molecule has 1 saturated heterocycles. The van der Waals surface area contributed by atoms with E-state index in [0.717, 1.165) is 50.1 Å². The molecule has 2 heterocycles. The Kier molecular flexibility index (Phi) is 4.00. The first-order valence-corrected chi connectivity index (χ1v) is 12.3. The zero-order valence-corrected chi connectivity index (χ0v) is 20.7. The number of rotatable bonds is 3. The van der Waals surface area contributed by atoms with Crippen molar-refractivity contribution < 1.29 is 19.3 Å². The van der Waals surface area contributed by atoms with E-state index in [9.17, 15) is 5.11 Å². The van der Waals surface area contributed by atoms with Gasteiger partial charge in [0, 0.05) is 35.5 Å². The minimum Gasteiger partial charge on any atom is -0.493 e. The number of hydrogen-bond acceptors (Lipinski definition) is 5. The summed E-state index contributed by atoms with van der Waals surface area (Å²) in [6.45, 7) is 9.59. The van der Waals surface area contributed by atoms with Crippen LogP contribution in [0.5, 0.6) is 11.5 Å². The third-order valence-corrected chi connectivity index (χ3v) is 11.0. The van der Waals surface area contributed by atoms with Crippen LogP contribution < -0.4 is 9.47 Å². The number of likely N-dealkylation sites (N-methyl/N-ethyl adjacent to an activating group) is 1. The molecule has 4 bridgehead atoms. The number of piperidine rings is 1. The highest BCUT2D eigenvalue weighted by Crippen LogP contribution is 2.77. The van der Waals surface area contributed by atoms with Gasteiger partial charge in [-0.1, -0.05) is 26.8 Å². The number of likely N-dealkylation sites (tertiary alicyclic amines) is 1. The Labute approximate surface area is 192 Å². The maximum Gasteiger partial charge on any atom is 0.165 e. The SMILES string of the molecule is COc1ccc2c3c1O[C@H]1[C@]4(OC)CC[C@@]5(C[C@@H]4C(C)(O)C(C)(C)C)[C@@H](C2)N(C)CC[C@]315. The molecule has 6 aliphatic rings. The molecule has 5 nitrogen and oxygen atoms in total. The van der Waals surface area contributed by atoms with Gasteiger partial charge in [0.05, 0.1) is 12.7 Å². The van der Waals surface area contributed by atoms with Gasteiger partial charge in [0.15, 0.2) is 11.5 Å². The lowest BCUT2D eigenvalue weighted by Gasteiger charge is -2.75. The van der Waals surface area contributed by atoms with Crippen molar-refractivity contribution in [1.29, 1.82) is 0 Å². The van der Waals surface area contributed by atoms with Crippen molar-refractivity contribution in [1.82, 2.24) is 4.90 Å². The van der Waals surface area contributed by atoms with Gasteiger partial charge in [0.25, 0.3) is 0 Å². The summed E-state index contributed by atoms with van der Waals surface area (Å²) >= 11 is 0. The smallest absolute Gasteiger partial charge is 0.165 e. The molecule has 3 saturated carbocycles. The van der Waals surface area contributed by atoms with Gasteiger partial charge >= 0.3 is 0 Å². The predicted molar refractivity (Wildman–Crippen MR) is 123 cm³/mol. The minimum atomic E-state index is -0.882. The van der Waals surface area contributed by atoms with Gasteiger partial charge in [0.2, 0.25) is 0 Å². The van der Waals surface area contributed by atoms with Crippen molar-refractivity contribution in [2.45, 2.75) is 88.6 Å². The Morgan fingerprint density at radius 3 is 2.53 bits per heavy atom. The number of benzene rings is 1. The van der Waals surface area contributed by atoms with E-state index in [0.29, 0.717) is 6.04 Å². The molecule has 176 valence electrons. The quantitative estimate of drug-likeness (QED) is 0.770. The highest BCUT2D eigenvalue weighted by Gasteiger charge is 2.82. The molecule has 7 atom stereocenters. The Balaban J connectivity index is 1.65. The molecule has 5 heteroatoms. The highest BCUT2D eigenvalue weighted by molar-refractivity contribution is 5.63. The Hall–Kier alpha value is -1.30. The molecule has 4 aliphatic carbocycles. The minimum absolute atomic E-state index is 0.00253. The highest BCUT2D eigenvalue weighted by atomic mass is 16.6. The standard InChI is InChI=1S/C27H39NO4/c1-23(2,3)24(4,29)18-15-25-10-11-27(18,31-7)22-26(25)12-13-28(5)19(25)14-16-8-9-17(30-6)21(32-22)20(16)26/h8-9,18-19,22,29H,10-15H2,1-7H3/t18-,19-,22-,24?,25-,26+,27+/m1/s1. The number of ether oxygens (including phenoxy) is 3. The first-order chi connectivity index (χ1) is 15.0. The van der Waals surface area contributed by atoms with Gasteiger partial charge in [-0.15, -0.1) is 0 Å². The van der Waals surface area contributed by atoms with Crippen molar-refractivity contribution in [3.8, 4) is 11.5 Å². The van der Waals surface area contributed by atoms with Crippen LogP contribution in [0.15, 0.2) is 12.1 Å². The monoisotopic (exact) mass is 441 g/mol. The van der Waals surface area contributed by atoms with Crippen LogP contribution in [0.2, 0.25) is 0 Å². The summed E-state index contributed by atoms with van der Waals surface area (Å²) in [6, 6.07) is 4.82. The van der Waals surface area contributed by atoms with Gasteiger partial charge in [-0.25, -0.2) is 0 Å². The summed E-state index contributed by atoms with van der Waals surface area (Å²) < 4.78 is 19.4. The molecule has 32 heavy (non-hydrogen) atoms. The van der Waals surface area contributed by atoms with Crippen molar-refractivity contribution in [2.24, 2.45) is 16.7 Å². The lowest BCUT2D eigenvalue weighted by Crippen LogP contribution is -2.83. The normalized spacial score (nSPS) is 43.4. The fourth-order valence-electron chi connectivity index (χ4n) is 9.01. The lowest BCUT2D eigenvalue weighted by molar-refractivity contribution is -0.311. The second kappa shape index (κ2) is 6.03. The maximum absolute atomic E-state index is 12.1. The van der Waals surface area contributed by atoms with Crippen LogP contribution in [0.3, 0.4) is 0 Å². The molecule has 7 rings (SSSR count). The van der Waals surface area contributed by atoms with Gasteiger partial charge in [-0.3, -0.25) is 0 Å². The molecule has 1 aromatic rings. The van der Waals surface area contributed by atoms with E-state index in [1.54, 1.807) is 7.11 Å². The van der Waals surface area contributed by atoms with Crippen LogP contribution in [-0.2, 0) is 16.6 Å². The zero-order chi connectivity index (χ0) is 22.9. The third-order valence-electron chi connectivity index (χ3n) is 11.0. The average molecular weight is 442 g/mol. The van der Waals surface area contributed by atoms with E-state index in [1.807, 2.05) is 14.0 Å². The number of nitrogens with zero attached hydrogens (tertiary/aromatic N) is 1. The van der Waals surface area contributed by atoms with Crippen LogP contribution in [-0.4, -0.2) is 61.2 Å². The van der Waals surface area contributed by atoms with Gasteiger partial charge in [-0.2, -0.15) is 0 Å². The number of aliphatic hydroxyl groups is 1. The van der Waals surface area contributed by atoms with Crippen molar-refractivity contribution >= 4 is 0 Å². The first-order valence-electron chi connectivity index (χ1n) is 12.3. The van der Waals surface area contributed by atoms with E-state index in [4.69, 9.17) is 14.2 Å². The largest absolute Gasteiger partial charge is 0.493 e. The lowest BCUT2D eigenvalue weighted by atomic mass is 9.33. The maximum atomic E-state index is 12.1. The molecule has 0 aromatic heterocycles. The molecular weight excluding hydrogens is 402 g/mol. The molecule has 4 fully saturated rings. The summed E-state index contributed by atoms with van der Waals surface area (Å²) in [5, 5.41) is 12.1. The van der Waals surface area contributed by atoms with Gasteiger partial charge in [0.1, 0.15) is 11.7 Å². The van der Waals surface area contributed by atoms with E-state index >= 15 is 0 Å². The molecule has 0 radical (unpaired) electrons. The Morgan fingerprint density at radius 1 is 1.12 bits per heavy atom. The Bertz CT molecular complexity index is 983. The van der Waals surface area contributed by atoms with Crippen LogP contribution >= 0.6 is 0 Å². The van der Waals surface area contributed by atoms with E-state index in [2.05, 4.69) is 44.9 Å². The number of hydrogen-bond donors (Lipinski definition) is 1. The molecule has 1 unspecified atom stereocenters. The summed E-state index contributed by atoms with van der Waals surface area (Å²) in [7, 11) is 5.89. The zero-order valence-electron chi connectivity index (χ0n) is 20.7. The molecule has 2 aliphatic heterocycles. The summed E-state index contributed by atoms with van der Waals surface area (Å²) in [5.74, 6) is 1.79. The number of methoxy groups -OCH3 is 2. The summed E-state index contributed by atoms with van der Waals surface area (Å²) in [4.78, 5) is 2.60. The van der Waals surface area contributed by atoms with Crippen molar-refractivity contribution in [3.05, 3.63) is 23.3 Å². The van der Waals surface area contributed by atoms with E-state index in [-0.39, 0.29) is 28.3 Å². The van der Waals surface area contributed by atoms with E-state index < -0.39 is 11.2 Å². The van der Waals surface area contributed by atoms with Gasteiger partial charge < -0.3 is 24.2 Å². The summed E-state index contributed by atoms with van der Waals surface area (Å²) in [6.07, 6.45) is 5.07. The van der Waals surface area contributed by atoms with Crippen LogP contribution in [0.4, 0.5) is 0 Å². The topological polar surface area (TPSA) is 51.2 Å². The van der Waals surface area contributed by atoms with Crippen LogP contribution in [0.25, 0.3) is 0 Å². The first kappa shape index (κ1) is 21.2. The third kappa shape index (κ3) is 2.01. The molecule has 1 aromatic carbocycles. The summed E-state index contributed by atoms with van der Waals surface area (Å²) in [5.41, 5.74) is 1.17. The molecule has 1 N–H and O–H groups in total. The molecule has 2 spiro atoms. The predicted octanol–water partition coefficient (Wildman–Crippen LogP) is 3.94.